The number of aryl methyl sites for hydroxylation is 3. The molecule has 136 valence electrons. The Bertz CT molecular complexity index is 935. The van der Waals surface area contributed by atoms with E-state index in [1.807, 2.05) is 13.8 Å². The van der Waals surface area contributed by atoms with E-state index in [0.29, 0.717) is 12.3 Å². The number of amides is 1. The Morgan fingerprint density at radius 1 is 1.19 bits per heavy atom. The first kappa shape index (κ1) is 18.2. The van der Waals surface area contributed by atoms with Gasteiger partial charge in [-0.1, -0.05) is 17.7 Å². The summed E-state index contributed by atoms with van der Waals surface area (Å²) in [6.07, 6.45) is 0.259. The molecule has 2 aromatic heterocycles. The van der Waals surface area contributed by atoms with E-state index in [2.05, 4.69) is 51.6 Å². The van der Waals surface area contributed by atoms with Crippen molar-refractivity contribution < 1.29 is 4.79 Å². The summed E-state index contributed by atoms with van der Waals surface area (Å²) in [4.78, 5) is 21.9. The predicted octanol–water partition coefficient (Wildman–Crippen LogP) is 2.08. The van der Waals surface area contributed by atoms with Gasteiger partial charge < -0.3 is 11.1 Å². The zero-order valence-electron chi connectivity index (χ0n) is 15.1. The summed E-state index contributed by atoms with van der Waals surface area (Å²) in [5.74, 6) is 1.42. The van der Waals surface area contributed by atoms with Gasteiger partial charge in [-0.15, -0.1) is 16.9 Å². The molecule has 3 N–H and O–H groups in total. The van der Waals surface area contributed by atoms with Gasteiger partial charge in [-0.2, -0.15) is 9.50 Å². The highest BCUT2D eigenvalue weighted by Crippen LogP contribution is 2.18. The third-order valence-electron chi connectivity index (χ3n) is 4.12. The molecule has 0 bridgehead atoms. The molecule has 0 aliphatic carbocycles. The average molecular weight is 370 g/mol. The van der Waals surface area contributed by atoms with Crippen LogP contribution in [0, 0.1) is 20.8 Å². The molecule has 0 radical (unpaired) electrons. The molecule has 0 aliphatic heterocycles. The molecular formula is C18H22N6OS. The number of aromatic nitrogens is 4. The van der Waals surface area contributed by atoms with Crippen molar-refractivity contribution in [3.8, 4) is 0 Å². The van der Waals surface area contributed by atoms with Gasteiger partial charge in [-0.25, -0.2) is 4.98 Å². The minimum Gasteiger partial charge on any atom is -0.366 e. The van der Waals surface area contributed by atoms with Crippen LogP contribution in [0.5, 0.6) is 0 Å². The SMILES string of the molecule is Cc1ccc(SCCNC(=O)Cc2c(C)nc3nc(N)nn3c2C)cc1. The Labute approximate surface area is 156 Å². The van der Waals surface area contributed by atoms with Crippen LogP contribution in [0.25, 0.3) is 5.78 Å². The van der Waals surface area contributed by atoms with Gasteiger partial charge in [-0.3, -0.25) is 4.79 Å². The zero-order valence-corrected chi connectivity index (χ0v) is 15.9. The van der Waals surface area contributed by atoms with E-state index < -0.39 is 0 Å². The standard InChI is InChI=1S/C18H22N6OS/c1-11-4-6-14(7-5-11)26-9-8-20-16(25)10-15-12(2)21-18-22-17(19)23-24(18)13(15)3/h4-7H,8-10H2,1-3H3,(H2,19,23)(H,20,25). The van der Waals surface area contributed by atoms with E-state index in [1.54, 1.807) is 16.3 Å². The maximum Gasteiger partial charge on any atom is 0.254 e. The first-order valence-electron chi connectivity index (χ1n) is 8.38. The summed E-state index contributed by atoms with van der Waals surface area (Å²) in [6.45, 7) is 6.44. The molecule has 7 nitrogen and oxygen atoms in total. The molecule has 0 unspecified atom stereocenters. The number of fused-ring (bicyclic) bond motifs is 1. The van der Waals surface area contributed by atoms with Crippen molar-refractivity contribution in [3.63, 3.8) is 0 Å². The van der Waals surface area contributed by atoms with E-state index in [1.165, 1.54) is 10.5 Å². The monoisotopic (exact) mass is 370 g/mol. The highest BCUT2D eigenvalue weighted by molar-refractivity contribution is 7.99. The maximum atomic E-state index is 12.3. The number of nitrogens with one attached hydrogen (secondary N) is 1. The average Bonchev–Trinajstić information content (AvgIpc) is 2.97. The molecule has 3 rings (SSSR count). The van der Waals surface area contributed by atoms with Crippen molar-refractivity contribution in [3.05, 3.63) is 46.8 Å². The van der Waals surface area contributed by atoms with Gasteiger partial charge in [0.15, 0.2) is 0 Å². The number of rotatable bonds is 6. The number of nitrogens with zero attached hydrogens (tertiary/aromatic N) is 4. The molecule has 8 heteroatoms. The normalized spacial score (nSPS) is 11.0. The van der Waals surface area contributed by atoms with Crippen molar-refractivity contribution in [2.75, 3.05) is 18.0 Å². The number of carbonyl (C=O) groups is 1. The highest BCUT2D eigenvalue weighted by Gasteiger charge is 2.15. The smallest absolute Gasteiger partial charge is 0.254 e. The second-order valence-electron chi connectivity index (χ2n) is 6.13. The van der Waals surface area contributed by atoms with E-state index in [4.69, 9.17) is 5.73 Å². The van der Waals surface area contributed by atoms with Gasteiger partial charge in [-0.05, 0) is 32.9 Å². The molecule has 3 aromatic rings. The van der Waals surface area contributed by atoms with Gasteiger partial charge in [0, 0.05) is 34.1 Å². The molecule has 0 saturated heterocycles. The molecule has 2 heterocycles. The Morgan fingerprint density at radius 2 is 1.92 bits per heavy atom. The van der Waals surface area contributed by atoms with E-state index >= 15 is 0 Å². The highest BCUT2D eigenvalue weighted by atomic mass is 32.2. The van der Waals surface area contributed by atoms with Crippen LogP contribution in [0.1, 0.15) is 22.5 Å². The summed E-state index contributed by atoms with van der Waals surface area (Å²) in [5, 5.41) is 7.09. The van der Waals surface area contributed by atoms with E-state index in [0.717, 1.165) is 22.7 Å². The summed E-state index contributed by atoms with van der Waals surface area (Å²) in [7, 11) is 0. The quantitative estimate of drug-likeness (QED) is 0.509. The number of nitrogens with two attached hydrogens (primary N) is 1. The number of carbonyl (C=O) groups excluding carboxylic acids is 1. The van der Waals surface area contributed by atoms with Crippen LogP contribution in [0.4, 0.5) is 5.95 Å². The number of nitrogen functional groups attached to an aromatic ring is 1. The van der Waals surface area contributed by atoms with Crippen LogP contribution in [-0.4, -0.2) is 37.8 Å². The Kier molecular flexibility index (Phi) is 5.41. The molecule has 0 atom stereocenters. The Hall–Kier alpha value is -2.61. The largest absolute Gasteiger partial charge is 0.366 e. The van der Waals surface area contributed by atoms with Gasteiger partial charge >= 0.3 is 0 Å². The number of benzene rings is 1. The van der Waals surface area contributed by atoms with E-state index in [-0.39, 0.29) is 18.3 Å². The molecular weight excluding hydrogens is 348 g/mol. The van der Waals surface area contributed by atoms with E-state index in [9.17, 15) is 4.79 Å². The lowest BCUT2D eigenvalue weighted by atomic mass is 10.1. The van der Waals surface area contributed by atoms with Crippen molar-refractivity contribution in [2.24, 2.45) is 0 Å². The number of hydrogen-bond donors (Lipinski definition) is 2. The van der Waals surface area contributed by atoms with Crippen molar-refractivity contribution in [1.82, 2.24) is 24.9 Å². The minimum atomic E-state index is -0.0325. The lowest BCUT2D eigenvalue weighted by molar-refractivity contribution is -0.120. The summed E-state index contributed by atoms with van der Waals surface area (Å²) in [5.41, 5.74) is 9.33. The first-order valence-corrected chi connectivity index (χ1v) is 9.37. The molecule has 1 aromatic carbocycles. The van der Waals surface area contributed by atoms with Crippen LogP contribution in [0.15, 0.2) is 29.2 Å². The predicted molar refractivity (Wildman–Crippen MR) is 103 cm³/mol. The summed E-state index contributed by atoms with van der Waals surface area (Å²) < 4.78 is 1.58. The van der Waals surface area contributed by atoms with Gasteiger partial charge in [0.2, 0.25) is 11.9 Å². The number of anilines is 1. The molecule has 26 heavy (non-hydrogen) atoms. The maximum absolute atomic E-state index is 12.3. The Balaban J connectivity index is 1.56. The number of hydrogen-bond acceptors (Lipinski definition) is 6. The lowest BCUT2D eigenvalue weighted by Gasteiger charge is -2.10. The second-order valence-corrected chi connectivity index (χ2v) is 7.30. The van der Waals surface area contributed by atoms with Crippen molar-refractivity contribution in [1.29, 1.82) is 0 Å². The molecule has 1 amide bonds. The fraction of sp³-hybridized carbons (Fsp3) is 0.333. The van der Waals surface area contributed by atoms with Gasteiger partial charge in [0.1, 0.15) is 0 Å². The number of thioether (sulfide) groups is 1. The third-order valence-corrected chi connectivity index (χ3v) is 5.13. The van der Waals surface area contributed by atoms with Crippen LogP contribution in [0.2, 0.25) is 0 Å². The summed E-state index contributed by atoms with van der Waals surface area (Å²) in [6, 6.07) is 8.37. The fourth-order valence-electron chi connectivity index (χ4n) is 2.70. The van der Waals surface area contributed by atoms with Crippen LogP contribution < -0.4 is 11.1 Å². The summed E-state index contributed by atoms with van der Waals surface area (Å²) >= 11 is 1.73. The molecule has 0 saturated carbocycles. The first-order chi connectivity index (χ1) is 12.4. The Morgan fingerprint density at radius 3 is 2.65 bits per heavy atom. The van der Waals surface area contributed by atoms with Gasteiger partial charge in [0.25, 0.3) is 5.78 Å². The molecule has 0 aliphatic rings. The second kappa shape index (κ2) is 7.74. The van der Waals surface area contributed by atoms with Crippen LogP contribution in [-0.2, 0) is 11.2 Å². The van der Waals surface area contributed by atoms with Crippen molar-refractivity contribution in [2.45, 2.75) is 32.1 Å². The molecule has 0 fully saturated rings. The van der Waals surface area contributed by atoms with Crippen molar-refractivity contribution >= 4 is 29.4 Å². The minimum absolute atomic E-state index is 0.0325. The van der Waals surface area contributed by atoms with Gasteiger partial charge in [0.05, 0.1) is 6.42 Å². The third kappa shape index (κ3) is 4.13. The lowest BCUT2D eigenvalue weighted by Crippen LogP contribution is -2.28. The topological polar surface area (TPSA) is 98.2 Å². The molecule has 0 spiro atoms. The van der Waals surface area contributed by atoms with Crippen LogP contribution >= 0.6 is 11.8 Å². The zero-order chi connectivity index (χ0) is 18.7. The fourth-order valence-corrected chi connectivity index (χ4v) is 3.46. The van der Waals surface area contributed by atoms with Crippen LogP contribution in [0.3, 0.4) is 0 Å².